The summed E-state index contributed by atoms with van der Waals surface area (Å²) in [6, 6.07) is 17.4. The highest BCUT2D eigenvalue weighted by Gasteiger charge is 2.04. The van der Waals surface area contributed by atoms with Gasteiger partial charge in [0.1, 0.15) is 0 Å². The van der Waals surface area contributed by atoms with Gasteiger partial charge in [-0.1, -0.05) is 77.4 Å². The van der Waals surface area contributed by atoms with Crippen LogP contribution in [-0.4, -0.2) is 0 Å². The molecule has 0 spiro atoms. The van der Waals surface area contributed by atoms with Crippen molar-refractivity contribution in [1.82, 2.24) is 0 Å². The largest absolute Gasteiger partial charge is 0.0764 e. The van der Waals surface area contributed by atoms with Crippen molar-refractivity contribution in [1.29, 1.82) is 0 Å². The monoisotopic (exact) mass is 262 g/mol. The fourth-order valence-corrected chi connectivity index (χ4v) is 2.15. The summed E-state index contributed by atoms with van der Waals surface area (Å²) in [6.07, 6.45) is 4.40. The number of allylic oxidation sites excluding steroid dienone is 3. The third kappa shape index (κ3) is 3.71. The minimum Gasteiger partial charge on any atom is -0.0764 e. The zero-order valence-corrected chi connectivity index (χ0v) is 12.8. The van der Waals surface area contributed by atoms with Crippen LogP contribution in [0.1, 0.15) is 36.1 Å². The first kappa shape index (κ1) is 14.3. The molecule has 0 heterocycles. The molecule has 0 N–H and O–H groups in total. The molecule has 0 fully saturated rings. The van der Waals surface area contributed by atoms with Crippen LogP contribution in [0.3, 0.4) is 0 Å². The summed E-state index contributed by atoms with van der Waals surface area (Å²) in [5.74, 6) is 0. The number of rotatable bonds is 3. The Morgan fingerprint density at radius 1 is 0.750 bits per heavy atom. The highest BCUT2D eigenvalue weighted by Crippen LogP contribution is 2.25. The summed E-state index contributed by atoms with van der Waals surface area (Å²) in [6.45, 7) is 8.51. The third-order valence-electron chi connectivity index (χ3n) is 3.27. The maximum atomic E-state index is 2.24. The van der Waals surface area contributed by atoms with Gasteiger partial charge in [-0.2, -0.15) is 0 Å². The summed E-state index contributed by atoms with van der Waals surface area (Å²) in [5, 5.41) is 0. The second-order valence-electron chi connectivity index (χ2n) is 5.56. The molecule has 0 aromatic heterocycles. The van der Waals surface area contributed by atoms with E-state index in [1.165, 1.54) is 33.4 Å². The Labute approximate surface area is 122 Å². The maximum absolute atomic E-state index is 2.24. The third-order valence-corrected chi connectivity index (χ3v) is 3.27. The zero-order chi connectivity index (χ0) is 14.5. The summed E-state index contributed by atoms with van der Waals surface area (Å²) in [4.78, 5) is 0. The molecule has 0 atom stereocenters. The minimum atomic E-state index is 1.26. The molecule has 2 aromatic rings. The molecular weight excluding hydrogens is 240 g/mol. The standard InChI is InChI=1S/C20H22/c1-15(2)8-13-20(18-11-9-16(3)10-12-18)19-7-5-6-17(4)14-19/h5-14H,1-4H3/b20-13+. The lowest BCUT2D eigenvalue weighted by atomic mass is 9.95. The normalized spacial score (nSPS) is 11.3. The molecule has 0 unspecified atom stereocenters. The van der Waals surface area contributed by atoms with Crippen LogP contribution in [-0.2, 0) is 0 Å². The van der Waals surface area contributed by atoms with Crippen molar-refractivity contribution in [3.8, 4) is 0 Å². The van der Waals surface area contributed by atoms with Gasteiger partial charge in [0.15, 0.2) is 0 Å². The quantitative estimate of drug-likeness (QED) is 0.622. The van der Waals surface area contributed by atoms with Crippen LogP contribution >= 0.6 is 0 Å². The Hall–Kier alpha value is -2.08. The Balaban J connectivity index is 2.53. The average Bonchev–Trinajstić information content (AvgIpc) is 2.41. The van der Waals surface area contributed by atoms with Gasteiger partial charge in [-0.25, -0.2) is 0 Å². The molecule has 2 aromatic carbocycles. The molecule has 0 aliphatic heterocycles. The van der Waals surface area contributed by atoms with Gasteiger partial charge in [0.25, 0.3) is 0 Å². The van der Waals surface area contributed by atoms with E-state index in [9.17, 15) is 0 Å². The molecule has 0 saturated heterocycles. The van der Waals surface area contributed by atoms with Gasteiger partial charge in [-0.3, -0.25) is 0 Å². The smallest absolute Gasteiger partial charge is 0.0111 e. The Kier molecular flexibility index (Phi) is 4.57. The first-order valence-electron chi connectivity index (χ1n) is 7.05. The van der Waals surface area contributed by atoms with Gasteiger partial charge in [-0.15, -0.1) is 0 Å². The van der Waals surface area contributed by atoms with Crippen LogP contribution in [0.25, 0.3) is 5.57 Å². The summed E-state index contributed by atoms with van der Waals surface area (Å²) >= 11 is 0. The zero-order valence-electron chi connectivity index (χ0n) is 12.8. The van der Waals surface area contributed by atoms with Gasteiger partial charge in [0.2, 0.25) is 0 Å². The molecule has 0 amide bonds. The van der Waals surface area contributed by atoms with Crippen molar-refractivity contribution < 1.29 is 0 Å². The topological polar surface area (TPSA) is 0 Å². The number of hydrogen-bond donors (Lipinski definition) is 0. The Morgan fingerprint density at radius 2 is 1.45 bits per heavy atom. The van der Waals surface area contributed by atoms with E-state index in [1.807, 2.05) is 0 Å². The van der Waals surface area contributed by atoms with E-state index in [2.05, 4.69) is 88.4 Å². The number of hydrogen-bond acceptors (Lipinski definition) is 0. The SMILES string of the molecule is CC(C)=C/C=C(\c1ccc(C)cc1)c1cccc(C)c1. The van der Waals surface area contributed by atoms with E-state index in [0.29, 0.717) is 0 Å². The molecule has 0 aliphatic rings. The first-order valence-corrected chi connectivity index (χ1v) is 7.05. The van der Waals surface area contributed by atoms with Gasteiger partial charge in [0.05, 0.1) is 0 Å². The fourth-order valence-electron chi connectivity index (χ4n) is 2.15. The second-order valence-corrected chi connectivity index (χ2v) is 5.56. The lowest BCUT2D eigenvalue weighted by Gasteiger charge is -2.09. The van der Waals surface area contributed by atoms with Crippen molar-refractivity contribution in [3.05, 3.63) is 88.5 Å². The highest BCUT2D eigenvalue weighted by atomic mass is 14.1. The lowest BCUT2D eigenvalue weighted by molar-refractivity contribution is 1.39. The van der Waals surface area contributed by atoms with Crippen LogP contribution in [0, 0.1) is 13.8 Å². The van der Waals surface area contributed by atoms with E-state index in [-0.39, 0.29) is 0 Å². The van der Waals surface area contributed by atoms with Crippen molar-refractivity contribution in [2.75, 3.05) is 0 Å². The fraction of sp³-hybridized carbons (Fsp3) is 0.200. The summed E-state index contributed by atoms with van der Waals surface area (Å²) in [7, 11) is 0. The molecule has 0 heteroatoms. The van der Waals surface area contributed by atoms with E-state index in [0.717, 1.165) is 0 Å². The molecule has 102 valence electrons. The first-order chi connectivity index (χ1) is 9.56. The molecule has 0 bridgehead atoms. The molecule has 2 rings (SSSR count). The van der Waals surface area contributed by atoms with Gasteiger partial charge in [-0.05, 0) is 44.4 Å². The highest BCUT2D eigenvalue weighted by molar-refractivity contribution is 5.81. The van der Waals surface area contributed by atoms with E-state index in [4.69, 9.17) is 0 Å². The van der Waals surface area contributed by atoms with E-state index < -0.39 is 0 Å². The molecule has 0 aliphatic carbocycles. The predicted octanol–water partition coefficient (Wildman–Crippen LogP) is 5.70. The van der Waals surface area contributed by atoms with E-state index >= 15 is 0 Å². The minimum absolute atomic E-state index is 1.26. The van der Waals surface area contributed by atoms with Crippen LogP contribution in [0.4, 0.5) is 0 Å². The van der Waals surface area contributed by atoms with Crippen LogP contribution in [0.5, 0.6) is 0 Å². The molecular formula is C20H22. The van der Waals surface area contributed by atoms with Crippen molar-refractivity contribution in [3.63, 3.8) is 0 Å². The van der Waals surface area contributed by atoms with Crippen LogP contribution in [0.15, 0.2) is 66.3 Å². The van der Waals surface area contributed by atoms with Crippen molar-refractivity contribution in [2.24, 2.45) is 0 Å². The number of benzene rings is 2. The summed E-state index contributed by atoms with van der Waals surface area (Å²) < 4.78 is 0. The van der Waals surface area contributed by atoms with Gasteiger partial charge in [0, 0.05) is 0 Å². The molecule has 0 nitrogen and oxygen atoms in total. The molecule has 0 radical (unpaired) electrons. The van der Waals surface area contributed by atoms with Gasteiger partial charge < -0.3 is 0 Å². The molecule has 0 saturated carbocycles. The van der Waals surface area contributed by atoms with Crippen molar-refractivity contribution in [2.45, 2.75) is 27.7 Å². The molecule has 20 heavy (non-hydrogen) atoms. The second kappa shape index (κ2) is 6.38. The Bertz CT molecular complexity index is 636. The Morgan fingerprint density at radius 3 is 2.05 bits per heavy atom. The van der Waals surface area contributed by atoms with Gasteiger partial charge >= 0.3 is 0 Å². The number of aryl methyl sites for hydroxylation is 2. The lowest BCUT2D eigenvalue weighted by Crippen LogP contribution is -1.89. The van der Waals surface area contributed by atoms with Crippen molar-refractivity contribution >= 4 is 5.57 Å². The average molecular weight is 262 g/mol. The van der Waals surface area contributed by atoms with E-state index in [1.54, 1.807) is 0 Å². The maximum Gasteiger partial charge on any atom is -0.0111 e. The van der Waals surface area contributed by atoms with Crippen LogP contribution in [0.2, 0.25) is 0 Å². The summed E-state index contributed by atoms with van der Waals surface area (Å²) in [5.41, 5.74) is 7.69. The predicted molar refractivity (Wildman–Crippen MR) is 88.9 cm³/mol. The van der Waals surface area contributed by atoms with Crippen LogP contribution < -0.4 is 0 Å².